The van der Waals surface area contributed by atoms with Crippen LogP contribution in [0.5, 0.6) is 11.6 Å². The van der Waals surface area contributed by atoms with Crippen molar-refractivity contribution >= 4 is 39.0 Å². The van der Waals surface area contributed by atoms with Crippen LogP contribution in [0, 0.1) is 17.8 Å². The van der Waals surface area contributed by atoms with Gasteiger partial charge in [0.25, 0.3) is 11.8 Å². The smallest absolute Gasteiger partial charge is 0.286 e. The van der Waals surface area contributed by atoms with Gasteiger partial charge in [-0.2, -0.15) is 0 Å². The third kappa shape index (κ3) is 7.15. The Hall–Kier alpha value is -3.87. The summed E-state index contributed by atoms with van der Waals surface area (Å²) in [4.78, 5) is 29.9. The molecule has 2 aliphatic heterocycles. The Morgan fingerprint density at radius 1 is 1.18 bits per heavy atom. The fourth-order valence-electron chi connectivity index (χ4n) is 8.34. The Morgan fingerprint density at radius 2 is 2.02 bits per heavy atom. The van der Waals surface area contributed by atoms with Gasteiger partial charge in [0.15, 0.2) is 0 Å². The molecule has 1 unspecified atom stereocenters. The van der Waals surface area contributed by atoms with Crippen molar-refractivity contribution in [3.8, 4) is 11.6 Å². The molecule has 7 rings (SSSR count). The number of fused-ring (bicyclic) bond motifs is 4. The first-order chi connectivity index (χ1) is 24.5. The number of hydrogen-bond donors (Lipinski definition) is 1. The summed E-state index contributed by atoms with van der Waals surface area (Å²) in [6.07, 6.45) is 11.2. The Kier molecular flexibility index (Phi) is 9.94. The van der Waals surface area contributed by atoms with Crippen LogP contribution in [0.3, 0.4) is 0 Å². The molecule has 51 heavy (non-hydrogen) atoms. The van der Waals surface area contributed by atoms with Gasteiger partial charge >= 0.3 is 0 Å². The average molecular weight is 736 g/mol. The van der Waals surface area contributed by atoms with E-state index in [2.05, 4.69) is 43.4 Å². The van der Waals surface area contributed by atoms with Gasteiger partial charge in [0.1, 0.15) is 21.2 Å². The largest absolute Gasteiger partial charge is 0.490 e. The third-order valence-electron chi connectivity index (χ3n) is 11.0. The molecule has 6 atom stereocenters. The van der Waals surface area contributed by atoms with Crippen molar-refractivity contribution in [1.82, 2.24) is 14.5 Å². The van der Waals surface area contributed by atoms with E-state index in [9.17, 15) is 13.8 Å². The number of aryl methyl sites for hydroxylation is 2. The number of nitrogens with one attached hydrogen (secondary N) is 1. The maximum absolute atomic E-state index is 14.6. The van der Waals surface area contributed by atoms with Crippen LogP contribution >= 0.6 is 11.6 Å². The van der Waals surface area contributed by atoms with E-state index in [1.165, 1.54) is 29.1 Å². The number of halogens is 1. The second-order valence-corrected chi connectivity index (χ2v) is 17.1. The molecule has 272 valence electrons. The Balaban J connectivity index is 1.31. The summed E-state index contributed by atoms with van der Waals surface area (Å²) >= 11 is 6.45. The standard InChI is InChI=1S/C38H46ClN5O6S/c1-24-7-5-9-33(48-3)29-13-10-27(29)19-44-22-38(16-6-8-25-17-28(39)12-14-31(25)38)23-50-34-15-11-26(18-32(34)44)35(45)41-51(47,21-24)42-36(46)30-20-43(2)40-37(30)49-4/h5,9,11-12,14-15,17-18,20,24,27,29,33H,6-8,10,13,16,19,21-23H2,1-4H3,(H,41,42,45,46,47)/b9-5-/t24-,27-,29+,33+,38-,51?/m0/s1. The molecule has 1 saturated carbocycles. The highest BCUT2D eigenvalue weighted by atomic mass is 35.5. The normalized spacial score (nSPS) is 29.7. The highest BCUT2D eigenvalue weighted by molar-refractivity contribution is 7.92. The van der Waals surface area contributed by atoms with Gasteiger partial charge in [-0.15, -0.1) is 9.46 Å². The summed E-state index contributed by atoms with van der Waals surface area (Å²) in [6, 6.07) is 11.5. The number of nitrogens with zero attached hydrogens (tertiary/aromatic N) is 4. The molecule has 3 aromatic rings. The number of carbonyl (C=O) groups is 2. The van der Waals surface area contributed by atoms with Gasteiger partial charge in [-0.25, -0.2) is 4.21 Å². The molecule has 0 saturated heterocycles. The molecule has 3 heterocycles. The lowest BCUT2D eigenvalue weighted by Gasteiger charge is -2.46. The summed E-state index contributed by atoms with van der Waals surface area (Å²) in [5.41, 5.74) is 3.43. The summed E-state index contributed by atoms with van der Waals surface area (Å²) in [7, 11) is 1.22. The zero-order chi connectivity index (χ0) is 35.9. The molecule has 2 amide bonds. The Morgan fingerprint density at radius 3 is 2.78 bits per heavy atom. The lowest BCUT2D eigenvalue weighted by molar-refractivity contribution is 0.0131. The molecule has 2 aromatic carbocycles. The van der Waals surface area contributed by atoms with Crippen molar-refractivity contribution in [1.29, 1.82) is 0 Å². The second kappa shape index (κ2) is 14.3. The van der Waals surface area contributed by atoms with E-state index in [-0.39, 0.29) is 40.2 Å². The lowest BCUT2D eigenvalue weighted by Crippen LogP contribution is -2.49. The van der Waals surface area contributed by atoms with Crippen LogP contribution in [0.4, 0.5) is 5.69 Å². The fourth-order valence-corrected chi connectivity index (χ4v) is 10.4. The van der Waals surface area contributed by atoms with E-state index in [1.807, 2.05) is 25.1 Å². The van der Waals surface area contributed by atoms with Crippen LogP contribution in [-0.4, -0.2) is 71.6 Å². The molecular weight excluding hydrogens is 690 g/mol. The molecule has 1 fully saturated rings. The van der Waals surface area contributed by atoms with Gasteiger partial charge in [-0.1, -0.05) is 36.7 Å². The maximum Gasteiger partial charge on any atom is 0.286 e. The van der Waals surface area contributed by atoms with Crippen molar-refractivity contribution in [2.45, 2.75) is 57.0 Å². The van der Waals surface area contributed by atoms with E-state index < -0.39 is 21.7 Å². The number of anilines is 1. The molecule has 2 aliphatic carbocycles. The van der Waals surface area contributed by atoms with Crippen molar-refractivity contribution in [2.75, 3.05) is 44.6 Å². The Labute approximate surface area is 305 Å². The van der Waals surface area contributed by atoms with E-state index in [4.69, 9.17) is 25.8 Å². The van der Waals surface area contributed by atoms with Gasteiger partial charge in [0.2, 0.25) is 5.88 Å². The van der Waals surface area contributed by atoms with Crippen LogP contribution in [0.25, 0.3) is 0 Å². The number of rotatable bonds is 4. The van der Waals surface area contributed by atoms with Crippen LogP contribution < -0.4 is 19.1 Å². The molecule has 0 radical (unpaired) electrons. The first-order valence-corrected chi connectivity index (χ1v) is 19.7. The minimum atomic E-state index is -3.59. The van der Waals surface area contributed by atoms with E-state index >= 15 is 0 Å². The summed E-state index contributed by atoms with van der Waals surface area (Å²) < 4.78 is 40.8. The van der Waals surface area contributed by atoms with E-state index in [0.29, 0.717) is 37.2 Å². The van der Waals surface area contributed by atoms with Crippen LogP contribution in [0.15, 0.2) is 59.1 Å². The van der Waals surface area contributed by atoms with Crippen molar-refractivity contribution in [3.63, 3.8) is 0 Å². The zero-order valence-electron chi connectivity index (χ0n) is 29.6. The van der Waals surface area contributed by atoms with Gasteiger partial charge in [-0.3, -0.25) is 19.0 Å². The number of hydrogen-bond acceptors (Lipinski definition) is 8. The maximum atomic E-state index is 14.6. The molecule has 2 bridgehead atoms. The average Bonchev–Trinajstić information content (AvgIpc) is 3.40. The summed E-state index contributed by atoms with van der Waals surface area (Å²) in [6.45, 7) is 3.90. The molecule has 1 aromatic heterocycles. The number of amides is 2. The SMILES string of the molecule is COc1nn(C)cc1C(=O)NS1(=O)=NC(=O)c2ccc3c(c2)N(C[C@@H]2CC[C@H]2[C@H](OC)/C=C\C[C@H](C)C1)C[C@@]1(CCCc2cc(Cl)ccc21)CO3. The summed E-state index contributed by atoms with van der Waals surface area (Å²) in [5.74, 6) is -0.0885. The first kappa shape index (κ1) is 35.5. The minimum Gasteiger partial charge on any atom is -0.490 e. The zero-order valence-corrected chi connectivity index (χ0v) is 31.2. The van der Waals surface area contributed by atoms with Crippen LogP contribution in [0.2, 0.25) is 5.02 Å². The van der Waals surface area contributed by atoms with Crippen LogP contribution in [0.1, 0.15) is 70.9 Å². The summed E-state index contributed by atoms with van der Waals surface area (Å²) in [5, 5.41) is 4.88. The van der Waals surface area contributed by atoms with Gasteiger partial charge in [-0.05, 0) is 97.7 Å². The van der Waals surface area contributed by atoms with E-state index in [1.54, 1.807) is 20.2 Å². The quantitative estimate of drug-likeness (QED) is 0.317. The highest BCUT2D eigenvalue weighted by Gasteiger charge is 2.44. The molecule has 1 spiro atoms. The van der Waals surface area contributed by atoms with Gasteiger partial charge in [0.05, 0.1) is 31.3 Å². The molecular formula is C38H46ClN5O6S. The Bertz CT molecular complexity index is 1990. The van der Waals surface area contributed by atoms with Crippen LogP contribution in [-0.2, 0) is 33.5 Å². The number of allylic oxidation sites excluding steroid dienone is 1. The third-order valence-corrected chi connectivity index (χ3v) is 13.2. The lowest BCUT2D eigenvalue weighted by atomic mass is 9.68. The first-order valence-electron chi connectivity index (χ1n) is 17.7. The molecule has 4 aliphatic rings. The number of aromatic nitrogens is 2. The number of carbonyl (C=O) groups excluding carboxylic acids is 2. The number of methoxy groups -OCH3 is 2. The molecule has 13 heteroatoms. The van der Waals surface area contributed by atoms with Crippen molar-refractivity contribution in [2.24, 2.45) is 29.2 Å². The monoisotopic (exact) mass is 735 g/mol. The number of ether oxygens (including phenoxy) is 3. The van der Waals surface area contributed by atoms with Gasteiger partial charge < -0.3 is 19.1 Å². The van der Waals surface area contributed by atoms with E-state index in [0.717, 1.165) is 49.4 Å². The van der Waals surface area contributed by atoms with Gasteiger partial charge in [0, 0.05) is 49.4 Å². The number of benzene rings is 2. The minimum absolute atomic E-state index is 0.0345. The molecule has 1 N–H and O–H groups in total. The fraction of sp³-hybridized carbons (Fsp3) is 0.500. The highest BCUT2D eigenvalue weighted by Crippen LogP contribution is 2.47. The predicted molar refractivity (Wildman–Crippen MR) is 197 cm³/mol. The molecule has 11 nitrogen and oxygen atoms in total. The predicted octanol–water partition coefficient (Wildman–Crippen LogP) is 6.15. The topological polar surface area (TPSA) is 124 Å². The van der Waals surface area contributed by atoms with Crippen molar-refractivity contribution < 1.29 is 28.0 Å². The second-order valence-electron chi connectivity index (χ2n) is 14.6. The van der Waals surface area contributed by atoms with Crippen molar-refractivity contribution in [3.05, 3.63) is 82.0 Å².